The number of rotatable bonds is 4. The molecule has 15 heavy (non-hydrogen) atoms. The van der Waals surface area contributed by atoms with Crippen molar-refractivity contribution in [2.45, 2.75) is 18.5 Å². The summed E-state index contributed by atoms with van der Waals surface area (Å²) in [7, 11) is 0.763. The minimum atomic E-state index is -2.83. The zero-order valence-electron chi connectivity index (χ0n) is 9.10. The Bertz CT molecular complexity index is 347. The van der Waals surface area contributed by atoms with E-state index in [1.165, 1.54) is 0 Å². The summed E-state index contributed by atoms with van der Waals surface area (Å²) in [5, 5.41) is 11.6. The van der Waals surface area contributed by atoms with Gasteiger partial charge in [-0.15, -0.1) is 0 Å². The molecule has 1 aliphatic heterocycles. The Hall–Kier alpha value is -0.640. The third-order valence-corrected chi connectivity index (χ3v) is 4.56. The first-order valence-electron chi connectivity index (χ1n) is 4.96. The molecule has 0 aromatic carbocycles. The Labute approximate surface area is 91.0 Å². The van der Waals surface area contributed by atoms with E-state index < -0.39 is 9.84 Å². The van der Waals surface area contributed by atoms with Crippen molar-refractivity contribution in [3.63, 3.8) is 0 Å². The van der Waals surface area contributed by atoms with Gasteiger partial charge in [-0.1, -0.05) is 0 Å². The molecule has 1 aliphatic rings. The first-order chi connectivity index (χ1) is 6.98. The van der Waals surface area contributed by atoms with Crippen molar-refractivity contribution in [2.75, 3.05) is 32.1 Å². The van der Waals surface area contributed by atoms with Gasteiger partial charge in [-0.3, -0.25) is 4.90 Å². The second-order valence-corrected chi connectivity index (χ2v) is 6.20. The lowest BCUT2D eigenvalue weighted by atomic mass is 10.2. The maximum absolute atomic E-state index is 11.3. The van der Waals surface area contributed by atoms with Crippen LogP contribution < -0.4 is 5.32 Å². The summed E-state index contributed by atoms with van der Waals surface area (Å²) in [5.74, 6) is 0.504. The van der Waals surface area contributed by atoms with E-state index in [1.54, 1.807) is 7.05 Å². The van der Waals surface area contributed by atoms with Crippen LogP contribution in [0.3, 0.4) is 0 Å². The Morgan fingerprint density at radius 2 is 2.33 bits per heavy atom. The highest BCUT2D eigenvalue weighted by Crippen LogP contribution is 2.16. The molecule has 2 unspecified atom stereocenters. The highest BCUT2D eigenvalue weighted by molar-refractivity contribution is 7.91. The summed E-state index contributed by atoms with van der Waals surface area (Å²) >= 11 is 0. The number of sulfone groups is 1. The number of likely N-dealkylation sites (N-methyl/N-ethyl adjacent to an activating group) is 2. The molecule has 0 aliphatic carbocycles. The zero-order chi connectivity index (χ0) is 11.5. The molecule has 0 spiro atoms. The van der Waals surface area contributed by atoms with Crippen LogP contribution >= 0.6 is 0 Å². The van der Waals surface area contributed by atoms with Gasteiger partial charge >= 0.3 is 0 Å². The minimum absolute atomic E-state index is 0.0687. The Balaban J connectivity index is 2.49. The molecular weight excluding hydrogens is 214 g/mol. The van der Waals surface area contributed by atoms with Crippen LogP contribution in [0.4, 0.5) is 0 Å². The summed E-state index contributed by atoms with van der Waals surface area (Å²) in [6.07, 6.45) is 0.681. The fourth-order valence-corrected chi connectivity index (χ4v) is 3.56. The van der Waals surface area contributed by atoms with Gasteiger partial charge in [0.2, 0.25) is 0 Å². The van der Waals surface area contributed by atoms with Crippen LogP contribution in [-0.2, 0) is 9.84 Å². The Morgan fingerprint density at radius 3 is 2.73 bits per heavy atom. The lowest BCUT2D eigenvalue weighted by molar-refractivity contribution is 0.250. The van der Waals surface area contributed by atoms with Gasteiger partial charge in [0.25, 0.3) is 0 Å². The van der Waals surface area contributed by atoms with Crippen LogP contribution in [0, 0.1) is 11.3 Å². The first kappa shape index (κ1) is 12.4. The predicted octanol–water partition coefficient (Wildman–Crippen LogP) is -0.783. The number of nitrogens with one attached hydrogen (secondary N) is 1. The molecule has 1 N–H and O–H groups in total. The molecule has 0 aromatic rings. The van der Waals surface area contributed by atoms with E-state index in [0.717, 1.165) is 0 Å². The summed E-state index contributed by atoms with van der Waals surface area (Å²) in [6.45, 7) is 0.563. The SMILES string of the molecule is CNC(C#N)CN(C)C1CCS(=O)(=O)C1. The number of hydrogen-bond acceptors (Lipinski definition) is 5. The molecule has 0 saturated carbocycles. The zero-order valence-corrected chi connectivity index (χ0v) is 9.92. The van der Waals surface area contributed by atoms with Gasteiger partial charge in [-0.05, 0) is 20.5 Å². The van der Waals surface area contributed by atoms with Crippen molar-refractivity contribution >= 4 is 9.84 Å². The smallest absolute Gasteiger partial charge is 0.151 e. The summed E-state index contributed by atoms with van der Waals surface area (Å²) in [5.41, 5.74) is 0. The van der Waals surface area contributed by atoms with E-state index in [9.17, 15) is 8.42 Å². The van der Waals surface area contributed by atoms with Gasteiger partial charge in [0.15, 0.2) is 9.84 Å². The number of nitrogens with zero attached hydrogens (tertiary/aromatic N) is 2. The lowest BCUT2D eigenvalue weighted by Gasteiger charge is -2.24. The van der Waals surface area contributed by atoms with Crippen molar-refractivity contribution in [3.8, 4) is 6.07 Å². The molecule has 1 rings (SSSR count). The second kappa shape index (κ2) is 4.92. The molecule has 86 valence electrons. The Kier molecular flexibility index (Phi) is 4.08. The fourth-order valence-electron chi connectivity index (χ4n) is 1.76. The lowest BCUT2D eigenvalue weighted by Crippen LogP contribution is -2.42. The highest BCUT2D eigenvalue weighted by atomic mass is 32.2. The molecule has 6 heteroatoms. The molecule has 2 atom stereocenters. The normalized spacial score (nSPS) is 26.4. The van der Waals surface area contributed by atoms with Crippen LogP contribution in [0.25, 0.3) is 0 Å². The van der Waals surface area contributed by atoms with Crippen LogP contribution in [0.5, 0.6) is 0 Å². The Morgan fingerprint density at radius 1 is 1.67 bits per heavy atom. The van der Waals surface area contributed by atoms with Gasteiger partial charge in [0.05, 0.1) is 17.6 Å². The summed E-state index contributed by atoms with van der Waals surface area (Å²) in [6, 6.07) is 1.96. The van der Waals surface area contributed by atoms with E-state index in [-0.39, 0.29) is 23.6 Å². The van der Waals surface area contributed by atoms with Crippen LogP contribution in [0.15, 0.2) is 0 Å². The minimum Gasteiger partial charge on any atom is -0.304 e. The van der Waals surface area contributed by atoms with Crippen LogP contribution in [0.1, 0.15) is 6.42 Å². The summed E-state index contributed by atoms with van der Waals surface area (Å²) < 4.78 is 22.5. The number of hydrogen-bond donors (Lipinski definition) is 1. The quantitative estimate of drug-likeness (QED) is 0.687. The predicted molar refractivity (Wildman–Crippen MR) is 58.1 cm³/mol. The van der Waals surface area contributed by atoms with Crippen molar-refractivity contribution in [3.05, 3.63) is 0 Å². The van der Waals surface area contributed by atoms with Crippen molar-refractivity contribution in [1.29, 1.82) is 5.26 Å². The standard InChI is InChI=1S/C9H17N3O2S/c1-11-8(5-10)6-12(2)9-3-4-15(13,14)7-9/h8-9,11H,3-4,6-7H2,1-2H3. The molecule has 0 radical (unpaired) electrons. The average Bonchev–Trinajstić information content (AvgIpc) is 2.55. The van der Waals surface area contributed by atoms with Gasteiger partial charge in [-0.25, -0.2) is 8.42 Å². The highest BCUT2D eigenvalue weighted by Gasteiger charge is 2.31. The molecule has 0 aromatic heterocycles. The third kappa shape index (κ3) is 3.45. The van der Waals surface area contributed by atoms with Crippen molar-refractivity contribution in [1.82, 2.24) is 10.2 Å². The fraction of sp³-hybridized carbons (Fsp3) is 0.889. The van der Waals surface area contributed by atoms with Gasteiger partial charge < -0.3 is 5.32 Å². The topological polar surface area (TPSA) is 73.2 Å². The maximum Gasteiger partial charge on any atom is 0.151 e. The molecule has 1 saturated heterocycles. The van der Waals surface area contributed by atoms with E-state index in [0.29, 0.717) is 13.0 Å². The molecular formula is C9H17N3O2S. The maximum atomic E-state index is 11.3. The van der Waals surface area contributed by atoms with Gasteiger partial charge in [0.1, 0.15) is 6.04 Å². The molecule has 0 amide bonds. The number of nitriles is 1. The van der Waals surface area contributed by atoms with E-state index in [1.807, 2.05) is 11.9 Å². The van der Waals surface area contributed by atoms with Crippen LogP contribution in [-0.4, -0.2) is 57.5 Å². The molecule has 5 nitrogen and oxygen atoms in total. The van der Waals surface area contributed by atoms with Crippen molar-refractivity contribution in [2.24, 2.45) is 0 Å². The van der Waals surface area contributed by atoms with Crippen molar-refractivity contribution < 1.29 is 8.42 Å². The second-order valence-electron chi connectivity index (χ2n) is 3.97. The van der Waals surface area contributed by atoms with E-state index in [4.69, 9.17) is 5.26 Å². The van der Waals surface area contributed by atoms with E-state index >= 15 is 0 Å². The van der Waals surface area contributed by atoms with Gasteiger partial charge in [0, 0.05) is 12.6 Å². The first-order valence-corrected chi connectivity index (χ1v) is 6.78. The molecule has 0 bridgehead atoms. The third-order valence-electron chi connectivity index (χ3n) is 2.81. The average molecular weight is 231 g/mol. The summed E-state index contributed by atoms with van der Waals surface area (Å²) in [4.78, 5) is 1.95. The van der Waals surface area contributed by atoms with Gasteiger partial charge in [-0.2, -0.15) is 5.26 Å². The monoisotopic (exact) mass is 231 g/mol. The largest absolute Gasteiger partial charge is 0.304 e. The van der Waals surface area contributed by atoms with Crippen LogP contribution in [0.2, 0.25) is 0 Å². The molecule has 1 heterocycles. The molecule has 1 fully saturated rings. The van der Waals surface area contributed by atoms with E-state index in [2.05, 4.69) is 11.4 Å².